The second kappa shape index (κ2) is 9.36. The van der Waals surface area contributed by atoms with E-state index in [-0.39, 0.29) is 36.5 Å². The van der Waals surface area contributed by atoms with Crippen LogP contribution in [0.2, 0.25) is 5.02 Å². The van der Waals surface area contributed by atoms with Gasteiger partial charge in [-0.15, -0.1) is 0 Å². The largest absolute Gasteiger partial charge is 0.410 e. The van der Waals surface area contributed by atoms with Crippen molar-refractivity contribution in [1.82, 2.24) is 10.6 Å². The van der Waals surface area contributed by atoms with Gasteiger partial charge in [0.1, 0.15) is 5.82 Å². The van der Waals surface area contributed by atoms with Gasteiger partial charge in [-0.1, -0.05) is 17.7 Å². The molecule has 174 valence electrons. The van der Waals surface area contributed by atoms with Crippen LogP contribution < -0.4 is 15.5 Å². The predicted molar refractivity (Wildman–Crippen MR) is 118 cm³/mol. The molecule has 1 aliphatic heterocycles. The van der Waals surface area contributed by atoms with Gasteiger partial charge in [0, 0.05) is 41.8 Å². The summed E-state index contributed by atoms with van der Waals surface area (Å²) in [6, 6.07) is 10.5. The number of anilines is 1. The molecule has 0 aromatic heterocycles. The molecule has 4 rings (SSSR count). The number of hydrogen-bond donors (Lipinski definition) is 3. The van der Waals surface area contributed by atoms with E-state index in [2.05, 4.69) is 10.6 Å². The molecule has 3 amide bonds. The molecule has 0 spiro atoms. The molecule has 2 aromatic rings. The number of ether oxygens (including phenoxy) is 1. The topological polar surface area (TPSA) is 108 Å². The third-order valence-corrected chi connectivity index (χ3v) is 5.95. The van der Waals surface area contributed by atoms with Crippen molar-refractivity contribution in [2.75, 3.05) is 11.4 Å². The highest BCUT2D eigenvalue weighted by atomic mass is 35.5. The highest BCUT2D eigenvalue weighted by molar-refractivity contribution is 6.30. The zero-order valence-corrected chi connectivity index (χ0v) is 18.4. The highest BCUT2D eigenvalue weighted by Crippen LogP contribution is 2.30. The lowest BCUT2D eigenvalue weighted by Crippen LogP contribution is -2.46. The lowest BCUT2D eigenvalue weighted by atomic mass is 9.93. The summed E-state index contributed by atoms with van der Waals surface area (Å²) in [6.45, 7) is -0.0156. The molecule has 1 heterocycles. The minimum absolute atomic E-state index is 0.0931. The van der Waals surface area contributed by atoms with Crippen molar-refractivity contribution < 1.29 is 28.6 Å². The standard InChI is InChI=1S/C23H23ClFN3O5/c24-16-9-14(10-17(25)12-16)13-26-22(31)33-23(32)7-8-28(21(23)30)19-6-1-3-15(11-19)20(29)27-18-4-2-5-18/h1,3,6,9-12,18,32H,2,4-5,7-8,13H2,(H,26,31)(H,27,29)/t23-/m0/s1. The molecule has 0 radical (unpaired) electrons. The van der Waals surface area contributed by atoms with Crippen LogP contribution in [0.5, 0.6) is 0 Å². The molecule has 1 aliphatic carbocycles. The van der Waals surface area contributed by atoms with Gasteiger partial charge in [0.15, 0.2) is 0 Å². The molecular formula is C23H23ClFN3O5. The second-order valence-electron chi connectivity index (χ2n) is 8.16. The van der Waals surface area contributed by atoms with Gasteiger partial charge in [-0.3, -0.25) is 9.59 Å². The molecule has 2 aliphatic rings. The van der Waals surface area contributed by atoms with Crippen molar-refractivity contribution in [1.29, 1.82) is 0 Å². The third kappa shape index (κ3) is 5.26. The number of carbonyl (C=O) groups excluding carboxylic acids is 3. The van der Waals surface area contributed by atoms with Gasteiger partial charge >= 0.3 is 6.09 Å². The summed E-state index contributed by atoms with van der Waals surface area (Å²) in [4.78, 5) is 38.7. The number of rotatable bonds is 6. The summed E-state index contributed by atoms with van der Waals surface area (Å²) < 4.78 is 18.4. The number of aliphatic hydroxyl groups is 1. The first kappa shape index (κ1) is 23.0. The number of alkyl carbamates (subject to hydrolysis) is 1. The first-order valence-electron chi connectivity index (χ1n) is 10.6. The van der Waals surface area contributed by atoms with Gasteiger partial charge in [-0.2, -0.15) is 0 Å². The average Bonchev–Trinajstić information content (AvgIpc) is 3.02. The molecule has 1 saturated heterocycles. The van der Waals surface area contributed by atoms with Crippen molar-refractivity contribution >= 4 is 35.2 Å². The molecule has 3 N–H and O–H groups in total. The number of carbonyl (C=O) groups is 3. The van der Waals surface area contributed by atoms with E-state index in [4.69, 9.17) is 16.3 Å². The number of hydrogen-bond acceptors (Lipinski definition) is 5. The molecule has 0 bridgehead atoms. The predicted octanol–water partition coefficient (Wildman–Crippen LogP) is 3.11. The Morgan fingerprint density at radius 3 is 2.73 bits per heavy atom. The summed E-state index contributed by atoms with van der Waals surface area (Å²) in [5, 5.41) is 16.1. The number of halogens is 2. The molecular weight excluding hydrogens is 453 g/mol. The average molecular weight is 476 g/mol. The van der Waals surface area contributed by atoms with Crippen molar-refractivity contribution in [3.8, 4) is 0 Å². The van der Waals surface area contributed by atoms with Crippen LogP contribution >= 0.6 is 11.6 Å². The van der Waals surface area contributed by atoms with Crippen molar-refractivity contribution in [2.45, 2.75) is 44.1 Å². The maximum absolute atomic E-state index is 13.4. The monoisotopic (exact) mass is 475 g/mol. The normalized spacial score (nSPS) is 20.3. The van der Waals surface area contributed by atoms with Gasteiger partial charge in [0.05, 0.1) is 0 Å². The SMILES string of the molecule is O=C(NCc1cc(F)cc(Cl)c1)O[C@@]1(O)CCN(c2cccc(C(=O)NC3CCC3)c2)C1=O. The smallest absolute Gasteiger partial charge is 0.407 e. The van der Waals surface area contributed by atoms with Crippen LogP contribution in [0, 0.1) is 5.82 Å². The fourth-order valence-corrected chi connectivity index (χ4v) is 3.98. The van der Waals surface area contributed by atoms with E-state index in [1.807, 2.05) is 0 Å². The Balaban J connectivity index is 1.37. The minimum Gasteiger partial charge on any atom is -0.407 e. The van der Waals surface area contributed by atoms with Crippen LogP contribution in [0.1, 0.15) is 41.6 Å². The Hall–Kier alpha value is -3.17. The van der Waals surface area contributed by atoms with Gasteiger partial charge in [-0.05, 0) is 61.2 Å². The van der Waals surface area contributed by atoms with Gasteiger partial charge < -0.3 is 25.4 Å². The van der Waals surface area contributed by atoms with Crippen molar-refractivity contribution in [3.63, 3.8) is 0 Å². The van der Waals surface area contributed by atoms with Crippen LogP contribution in [0.4, 0.5) is 14.9 Å². The minimum atomic E-state index is -2.35. The molecule has 10 heteroatoms. The second-order valence-corrected chi connectivity index (χ2v) is 8.60. The van der Waals surface area contributed by atoms with E-state index in [1.54, 1.807) is 24.3 Å². The summed E-state index contributed by atoms with van der Waals surface area (Å²) >= 11 is 5.78. The van der Waals surface area contributed by atoms with E-state index < -0.39 is 23.6 Å². The zero-order chi connectivity index (χ0) is 23.6. The highest BCUT2D eigenvalue weighted by Gasteiger charge is 2.49. The quantitative estimate of drug-likeness (QED) is 0.556. The van der Waals surface area contributed by atoms with Gasteiger partial charge in [0.25, 0.3) is 17.6 Å². The molecule has 1 atom stereocenters. The van der Waals surface area contributed by atoms with Crippen LogP contribution in [0.25, 0.3) is 0 Å². The van der Waals surface area contributed by atoms with Crippen LogP contribution in [0.15, 0.2) is 42.5 Å². The van der Waals surface area contributed by atoms with E-state index >= 15 is 0 Å². The number of benzene rings is 2. The molecule has 1 saturated carbocycles. The molecule has 2 fully saturated rings. The molecule has 33 heavy (non-hydrogen) atoms. The Labute approximate surface area is 194 Å². The third-order valence-electron chi connectivity index (χ3n) is 5.73. The van der Waals surface area contributed by atoms with Crippen LogP contribution in [0.3, 0.4) is 0 Å². The number of nitrogens with one attached hydrogen (secondary N) is 2. The van der Waals surface area contributed by atoms with Crippen molar-refractivity contribution in [2.24, 2.45) is 0 Å². The fourth-order valence-electron chi connectivity index (χ4n) is 3.74. The van der Waals surface area contributed by atoms with Gasteiger partial charge in [0.2, 0.25) is 0 Å². The fraction of sp³-hybridized carbons (Fsp3) is 0.348. The number of nitrogens with zero attached hydrogens (tertiary/aromatic N) is 1. The molecule has 2 aromatic carbocycles. The van der Waals surface area contributed by atoms with Gasteiger partial charge in [-0.25, -0.2) is 9.18 Å². The maximum Gasteiger partial charge on any atom is 0.410 e. The Morgan fingerprint density at radius 2 is 2.03 bits per heavy atom. The van der Waals surface area contributed by atoms with E-state index in [9.17, 15) is 23.9 Å². The van der Waals surface area contributed by atoms with Crippen LogP contribution in [-0.4, -0.2) is 41.4 Å². The molecule has 8 nitrogen and oxygen atoms in total. The zero-order valence-electron chi connectivity index (χ0n) is 17.6. The summed E-state index contributed by atoms with van der Waals surface area (Å²) in [7, 11) is 0. The summed E-state index contributed by atoms with van der Waals surface area (Å²) in [5.41, 5.74) is 1.20. The van der Waals surface area contributed by atoms with Crippen molar-refractivity contribution in [3.05, 3.63) is 64.4 Å². The Bertz CT molecular complexity index is 1070. The van der Waals surface area contributed by atoms with Crippen LogP contribution in [-0.2, 0) is 16.1 Å². The summed E-state index contributed by atoms with van der Waals surface area (Å²) in [6.07, 6.45) is 1.81. The lowest BCUT2D eigenvalue weighted by Gasteiger charge is -2.26. The van der Waals surface area contributed by atoms with E-state index in [0.29, 0.717) is 16.8 Å². The van der Waals surface area contributed by atoms with E-state index in [1.165, 1.54) is 17.0 Å². The first-order chi connectivity index (χ1) is 15.7. The lowest BCUT2D eigenvalue weighted by molar-refractivity contribution is -0.175. The first-order valence-corrected chi connectivity index (χ1v) is 11.0. The molecule has 0 unspecified atom stereocenters. The Morgan fingerprint density at radius 1 is 1.24 bits per heavy atom. The summed E-state index contributed by atoms with van der Waals surface area (Å²) in [5.74, 6) is -3.95. The van der Waals surface area contributed by atoms with E-state index in [0.717, 1.165) is 25.3 Å². The Kier molecular flexibility index (Phi) is 6.53. The maximum atomic E-state index is 13.4. The number of amides is 3.